The second-order valence-corrected chi connectivity index (χ2v) is 6.56. The van der Waals surface area contributed by atoms with E-state index in [9.17, 15) is 4.79 Å². The van der Waals surface area contributed by atoms with E-state index in [1.807, 2.05) is 48.5 Å². The Balaban J connectivity index is 1.97. The predicted molar refractivity (Wildman–Crippen MR) is 112 cm³/mol. The summed E-state index contributed by atoms with van der Waals surface area (Å²) in [5, 5.41) is 3.88. The van der Waals surface area contributed by atoms with Crippen molar-refractivity contribution in [1.29, 1.82) is 0 Å². The van der Waals surface area contributed by atoms with E-state index in [-0.39, 0.29) is 5.91 Å². The Labute approximate surface area is 168 Å². The molecule has 3 nitrogen and oxygen atoms in total. The first-order valence-corrected chi connectivity index (χ1v) is 9.00. The van der Waals surface area contributed by atoms with Gasteiger partial charge in [-0.2, -0.15) is 0 Å². The molecule has 0 aliphatic heterocycles. The normalized spacial score (nSPS) is 11.1. The number of hydrogen-bond donors (Lipinski definition) is 1. The highest BCUT2D eigenvalue weighted by atomic mass is 35.5. The molecule has 1 N–H and O–H groups in total. The molecule has 0 atom stereocenters. The number of carbonyl (C=O) groups is 1. The average Bonchev–Trinajstić information content (AvgIpc) is 2.68. The van der Waals surface area contributed by atoms with E-state index >= 15 is 0 Å². The molecule has 0 unspecified atom stereocenters. The molecule has 0 heterocycles. The highest BCUT2D eigenvalue weighted by Gasteiger charge is 2.14. The second-order valence-electron chi connectivity index (χ2n) is 5.75. The molecule has 27 heavy (non-hydrogen) atoms. The van der Waals surface area contributed by atoms with Crippen LogP contribution in [-0.4, -0.2) is 13.0 Å². The molecule has 0 aliphatic rings. The van der Waals surface area contributed by atoms with Gasteiger partial charge in [0.15, 0.2) is 0 Å². The van der Waals surface area contributed by atoms with E-state index in [2.05, 4.69) is 5.32 Å². The van der Waals surface area contributed by atoms with Crippen molar-refractivity contribution in [3.05, 3.63) is 94.0 Å². The van der Waals surface area contributed by atoms with E-state index in [1.54, 1.807) is 37.5 Å². The number of halogens is 2. The van der Waals surface area contributed by atoms with Crippen molar-refractivity contribution in [2.24, 2.45) is 0 Å². The third kappa shape index (κ3) is 4.70. The van der Waals surface area contributed by atoms with E-state index < -0.39 is 0 Å². The molecule has 3 aromatic carbocycles. The Morgan fingerprint density at radius 3 is 2.30 bits per heavy atom. The summed E-state index contributed by atoms with van der Waals surface area (Å²) in [5.41, 5.74) is 2.62. The smallest absolute Gasteiger partial charge is 0.256 e. The third-order valence-corrected chi connectivity index (χ3v) is 4.58. The van der Waals surface area contributed by atoms with Crippen LogP contribution in [0.2, 0.25) is 10.0 Å². The Bertz CT molecular complexity index is 985. The van der Waals surface area contributed by atoms with Crippen LogP contribution in [0.1, 0.15) is 11.1 Å². The summed E-state index contributed by atoms with van der Waals surface area (Å²) in [7, 11) is 1.54. The van der Waals surface area contributed by atoms with Crippen molar-refractivity contribution >= 4 is 46.4 Å². The Morgan fingerprint density at radius 2 is 1.63 bits per heavy atom. The summed E-state index contributed by atoms with van der Waals surface area (Å²) >= 11 is 12.4. The molecule has 0 fully saturated rings. The highest BCUT2D eigenvalue weighted by Crippen LogP contribution is 2.29. The SMILES string of the molecule is COc1ccc(NC(=O)C(=Cc2ccccc2Cl)c2ccccc2)cc1Cl. The average molecular weight is 398 g/mol. The number of nitrogens with one attached hydrogen (secondary N) is 1. The molecule has 0 spiro atoms. The van der Waals surface area contributed by atoms with Gasteiger partial charge >= 0.3 is 0 Å². The lowest BCUT2D eigenvalue weighted by atomic mass is 10.0. The molecule has 0 saturated heterocycles. The Hall–Kier alpha value is -2.75. The summed E-state index contributed by atoms with van der Waals surface area (Å²) in [6.45, 7) is 0. The minimum absolute atomic E-state index is 0.262. The van der Waals surface area contributed by atoms with Crippen LogP contribution in [0.4, 0.5) is 5.69 Å². The van der Waals surface area contributed by atoms with Crippen molar-refractivity contribution in [1.82, 2.24) is 0 Å². The van der Waals surface area contributed by atoms with Crippen LogP contribution in [0, 0.1) is 0 Å². The number of rotatable bonds is 5. The van der Waals surface area contributed by atoms with Gasteiger partial charge in [-0.25, -0.2) is 0 Å². The molecule has 136 valence electrons. The predicted octanol–water partition coefficient (Wildman–Crippen LogP) is 6.18. The molecular formula is C22H17Cl2NO2. The summed E-state index contributed by atoms with van der Waals surface area (Å²) in [6.07, 6.45) is 1.78. The van der Waals surface area contributed by atoms with Gasteiger partial charge in [0.2, 0.25) is 0 Å². The maximum Gasteiger partial charge on any atom is 0.256 e. The zero-order valence-electron chi connectivity index (χ0n) is 14.6. The third-order valence-electron chi connectivity index (χ3n) is 3.94. The van der Waals surface area contributed by atoms with Crippen LogP contribution in [0.25, 0.3) is 11.6 Å². The standard InChI is InChI=1S/C22H17Cl2NO2/c1-27-21-12-11-17(14-20(21)24)25-22(26)18(15-7-3-2-4-8-15)13-16-9-5-6-10-19(16)23/h2-14H,1H3,(H,25,26). The van der Waals surface area contributed by atoms with Crippen LogP contribution in [0.15, 0.2) is 72.8 Å². The largest absolute Gasteiger partial charge is 0.495 e. The monoisotopic (exact) mass is 397 g/mol. The molecule has 0 bridgehead atoms. The number of amides is 1. The van der Waals surface area contributed by atoms with Crippen LogP contribution in [-0.2, 0) is 4.79 Å². The van der Waals surface area contributed by atoms with Gasteiger partial charge in [-0.1, -0.05) is 71.7 Å². The first-order chi connectivity index (χ1) is 13.1. The fourth-order valence-electron chi connectivity index (χ4n) is 2.59. The zero-order chi connectivity index (χ0) is 19.2. The van der Waals surface area contributed by atoms with Gasteiger partial charge < -0.3 is 10.1 Å². The molecule has 3 rings (SSSR count). The molecule has 0 saturated carbocycles. The fraction of sp³-hybridized carbons (Fsp3) is 0.0455. The minimum Gasteiger partial charge on any atom is -0.495 e. The molecule has 0 aromatic heterocycles. The Kier molecular flexibility index (Phi) is 6.17. The van der Waals surface area contributed by atoms with Crippen LogP contribution in [0.3, 0.4) is 0 Å². The Morgan fingerprint density at radius 1 is 0.926 bits per heavy atom. The van der Waals surface area contributed by atoms with E-state index in [1.165, 1.54) is 0 Å². The number of carbonyl (C=O) groups excluding carboxylic acids is 1. The van der Waals surface area contributed by atoms with E-state index in [0.29, 0.717) is 27.1 Å². The quantitative estimate of drug-likeness (QED) is 0.412. The first-order valence-electron chi connectivity index (χ1n) is 8.25. The molecule has 3 aromatic rings. The fourth-order valence-corrected chi connectivity index (χ4v) is 3.04. The van der Waals surface area contributed by atoms with Gasteiger partial charge in [0.05, 0.1) is 12.1 Å². The lowest BCUT2D eigenvalue weighted by molar-refractivity contribution is -0.111. The molecular weight excluding hydrogens is 381 g/mol. The van der Waals surface area contributed by atoms with Gasteiger partial charge in [-0.05, 0) is 41.5 Å². The number of hydrogen-bond acceptors (Lipinski definition) is 2. The van der Waals surface area contributed by atoms with Crippen molar-refractivity contribution in [3.63, 3.8) is 0 Å². The lowest BCUT2D eigenvalue weighted by Crippen LogP contribution is -2.13. The van der Waals surface area contributed by atoms with Gasteiger partial charge in [-0.15, -0.1) is 0 Å². The van der Waals surface area contributed by atoms with Gasteiger partial charge in [0.25, 0.3) is 5.91 Å². The maximum absolute atomic E-state index is 13.0. The number of anilines is 1. The van der Waals surface area contributed by atoms with Gasteiger partial charge in [-0.3, -0.25) is 4.79 Å². The summed E-state index contributed by atoms with van der Waals surface area (Å²) in [5.74, 6) is 0.284. The van der Waals surface area contributed by atoms with Crippen molar-refractivity contribution < 1.29 is 9.53 Å². The van der Waals surface area contributed by atoms with Crippen LogP contribution >= 0.6 is 23.2 Å². The topological polar surface area (TPSA) is 38.3 Å². The molecule has 5 heteroatoms. The highest BCUT2D eigenvalue weighted by molar-refractivity contribution is 6.34. The summed E-state index contributed by atoms with van der Waals surface area (Å²) in [6, 6.07) is 21.9. The summed E-state index contributed by atoms with van der Waals surface area (Å²) < 4.78 is 5.14. The van der Waals surface area contributed by atoms with Gasteiger partial charge in [0, 0.05) is 16.3 Å². The van der Waals surface area contributed by atoms with Crippen molar-refractivity contribution in [3.8, 4) is 5.75 Å². The van der Waals surface area contributed by atoms with Gasteiger partial charge in [0.1, 0.15) is 5.75 Å². The van der Waals surface area contributed by atoms with E-state index in [0.717, 1.165) is 11.1 Å². The maximum atomic E-state index is 13.0. The molecule has 1 amide bonds. The van der Waals surface area contributed by atoms with Crippen LogP contribution in [0.5, 0.6) is 5.75 Å². The number of benzene rings is 3. The molecule has 0 aliphatic carbocycles. The second kappa shape index (κ2) is 8.76. The summed E-state index contributed by atoms with van der Waals surface area (Å²) in [4.78, 5) is 13.0. The molecule has 0 radical (unpaired) electrons. The number of methoxy groups -OCH3 is 1. The first kappa shape index (κ1) is 19.0. The minimum atomic E-state index is -0.262. The van der Waals surface area contributed by atoms with Crippen LogP contribution < -0.4 is 10.1 Å². The number of ether oxygens (including phenoxy) is 1. The van der Waals surface area contributed by atoms with E-state index in [4.69, 9.17) is 27.9 Å². The van der Waals surface area contributed by atoms with Crippen molar-refractivity contribution in [2.45, 2.75) is 0 Å². The lowest BCUT2D eigenvalue weighted by Gasteiger charge is -2.11. The van der Waals surface area contributed by atoms with Crippen molar-refractivity contribution in [2.75, 3.05) is 12.4 Å². The zero-order valence-corrected chi connectivity index (χ0v) is 16.1.